The molecule has 2 heterocycles. The molecule has 1 saturated carbocycles. The molecule has 0 saturated heterocycles. The highest BCUT2D eigenvalue weighted by molar-refractivity contribution is 6.05. The summed E-state index contributed by atoms with van der Waals surface area (Å²) in [7, 11) is 5.51. The van der Waals surface area contributed by atoms with Gasteiger partial charge in [0.15, 0.2) is 5.65 Å². The standard InChI is InChI=1S/C26H33N5O4/c1-15(2)14-31-23-22(25(33)29-26(31)34)19(12-20(28-23)16-9-10-16)24(32)27-13-21(30(3)4)17-7-6-8-18(11-17)35-5/h6-8,11-12,15-16,21H,9-10,13-14H2,1-5H3,(H,27,32)(H,29,33,34). The van der Waals surface area contributed by atoms with Crippen LogP contribution in [0, 0.1) is 5.92 Å². The van der Waals surface area contributed by atoms with Gasteiger partial charge in [-0.2, -0.15) is 0 Å². The normalized spacial score (nSPS) is 14.5. The van der Waals surface area contributed by atoms with Crippen molar-refractivity contribution in [2.75, 3.05) is 27.7 Å². The molecule has 0 aliphatic heterocycles. The van der Waals surface area contributed by atoms with Crippen molar-refractivity contribution in [2.45, 2.75) is 45.2 Å². The van der Waals surface area contributed by atoms with E-state index in [2.05, 4.69) is 15.3 Å². The van der Waals surface area contributed by atoms with E-state index in [0.717, 1.165) is 29.8 Å². The van der Waals surface area contributed by atoms with Gasteiger partial charge in [0, 0.05) is 24.7 Å². The molecule has 35 heavy (non-hydrogen) atoms. The lowest BCUT2D eigenvalue weighted by Gasteiger charge is -2.25. The summed E-state index contributed by atoms with van der Waals surface area (Å²) in [6.45, 7) is 4.70. The van der Waals surface area contributed by atoms with Gasteiger partial charge in [0.05, 0.1) is 24.1 Å². The number of benzene rings is 1. The van der Waals surface area contributed by atoms with E-state index >= 15 is 0 Å². The number of carbonyl (C=O) groups is 1. The van der Waals surface area contributed by atoms with Gasteiger partial charge >= 0.3 is 5.69 Å². The van der Waals surface area contributed by atoms with E-state index < -0.39 is 11.2 Å². The maximum absolute atomic E-state index is 13.5. The average molecular weight is 480 g/mol. The fourth-order valence-corrected chi connectivity index (χ4v) is 4.33. The number of likely N-dealkylation sites (N-methyl/N-ethyl adjacent to an activating group) is 1. The predicted molar refractivity (Wildman–Crippen MR) is 135 cm³/mol. The van der Waals surface area contributed by atoms with Crippen LogP contribution in [0.4, 0.5) is 0 Å². The van der Waals surface area contributed by atoms with Crippen LogP contribution in [0.1, 0.15) is 60.3 Å². The van der Waals surface area contributed by atoms with Crippen molar-refractivity contribution in [3.05, 3.63) is 68.0 Å². The molecule has 1 atom stereocenters. The van der Waals surface area contributed by atoms with Crippen LogP contribution in [0.2, 0.25) is 0 Å². The molecule has 1 amide bonds. The van der Waals surface area contributed by atoms with Gasteiger partial charge in [-0.3, -0.25) is 19.1 Å². The maximum atomic E-state index is 13.5. The maximum Gasteiger partial charge on any atom is 0.330 e. The number of ether oxygens (including phenoxy) is 1. The molecule has 9 nitrogen and oxygen atoms in total. The second-order valence-electron chi connectivity index (χ2n) is 9.80. The van der Waals surface area contributed by atoms with Gasteiger partial charge in [-0.25, -0.2) is 9.78 Å². The zero-order valence-electron chi connectivity index (χ0n) is 20.9. The molecule has 9 heteroatoms. The molecule has 1 aliphatic carbocycles. The van der Waals surface area contributed by atoms with E-state index in [9.17, 15) is 14.4 Å². The van der Waals surface area contributed by atoms with E-state index in [1.165, 1.54) is 4.57 Å². The molecule has 1 fully saturated rings. The van der Waals surface area contributed by atoms with Crippen molar-refractivity contribution in [3.63, 3.8) is 0 Å². The van der Waals surface area contributed by atoms with Crippen LogP contribution in [-0.2, 0) is 6.54 Å². The Morgan fingerprint density at radius 3 is 2.63 bits per heavy atom. The SMILES string of the molecule is COc1cccc(C(CNC(=O)c2cc(C3CC3)nc3c2c(=O)[nH]c(=O)n3CC(C)C)N(C)C)c1. The van der Waals surface area contributed by atoms with Gasteiger partial charge in [0.25, 0.3) is 11.5 Å². The summed E-state index contributed by atoms with van der Waals surface area (Å²) >= 11 is 0. The van der Waals surface area contributed by atoms with Crippen LogP contribution in [0.3, 0.4) is 0 Å². The second-order valence-corrected chi connectivity index (χ2v) is 9.80. The first-order valence-corrected chi connectivity index (χ1v) is 12.0. The lowest BCUT2D eigenvalue weighted by molar-refractivity contribution is 0.0943. The third-order valence-electron chi connectivity index (χ3n) is 6.31. The Morgan fingerprint density at radius 2 is 2.00 bits per heavy atom. The van der Waals surface area contributed by atoms with Gasteiger partial charge in [0.1, 0.15) is 5.75 Å². The molecule has 4 rings (SSSR count). The van der Waals surface area contributed by atoms with Crippen molar-refractivity contribution in [2.24, 2.45) is 5.92 Å². The Kier molecular flexibility index (Phi) is 7.07. The van der Waals surface area contributed by atoms with Crippen molar-refractivity contribution >= 4 is 16.9 Å². The molecule has 0 radical (unpaired) electrons. The minimum atomic E-state index is -0.595. The minimum Gasteiger partial charge on any atom is -0.497 e. The number of aromatic nitrogens is 3. The highest BCUT2D eigenvalue weighted by Gasteiger charge is 2.29. The van der Waals surface area contributed by atoms with Crippen LogP contribution in [0.5, 0.6) is 5.75 Å². The number of nitrogens with one attached hydrogen (secondary N) is 2. The number of H-pyrrole nitrogens is 1. The number of amides is 1. The molecule has 1 aromatic carbocycles. The Bertz CT molecular complexity index is 1350. The summed E-state index contributed by atoms with van der Waals surface area (Å²) in [5.41, 5.74) is 1.17. The summed E-state index contributed by atoms with van der Waals surface area (Å²) in [6, 6.07) is 9.33. The van der Waals surface area contributed by atoms with Crippen molar-refractivity contribution < 1.29 is 9.53 Å². The predicted octanol–water partition coefficient (Wildman–Crippen LogP) is 2.66. The smallest absolute Gasteiger partial charge is 0.330 e. The molecule has 2 N–H and O–H groups in total. The molecule has 0 spiro atoms. The van der Waals surface area contributed by atoms with Crippen LogP contribution >= 0.6 is 0 Å². The van der Waals surface area contributed by atoms with E-state index in [-0.39, 0.29) is 40.4 Å². The number of pyridine rings is 1. The van der Waals surface area contributed by atoms with E-state index in [1.54, 1.807) is 13.2 Å². The topological polar surface area (TPSA) is 109 Å². The van der Waals surface area contributed by atoms with Crippen LogP contribution in [0.15, 0.2) is 39.9 Å². The molecule has 2 aromatic heterocycles. The minimum absolute atomic E-state index is 0.109. The molecular weight excluding hydrogens is 446 g/mol. The fourth-order valence-electron chi connectivity index (χ4n) is 4.33. The Morgan fingerprint density at radius 1 is 1.26 bits per heavy atom. The van der Waals surface area contributed by atoms with Crippen molar-refractivity contribution in [1.82, 2.24) is 24.8 Å². The first-order valence-electron chi connectivity index (χ1n) is 12.0. The molecule has 0 bridgehead atoms. The summed E-state index contributed by atoms with van der Waals surface area (Å²) in [5, 5.41) is 3.16. The lowest BCUT2D eigenvalue weighted by atomic mass is 10.0. The van der Waals surface area contributed by atoms with Gasteiger partial charge in [-0.15, -0.1) is 0 Å². The Hall–Kier alpha value is -3.46. The van der Waals surface area contributed by atoms with E-state index in [1.807, 2.05) is 57.1 Å². The number of hydrogen-bond acceptors (Lipinski definition) is 6. The summed E-state index contributed by atoms with van der Waals surface area (Å²) in [4.78, 5) is 48.1. The molecular formula is C26H33N5O4. The van der Waals surface area contributed by atoms with Crippen LogP contribution < -0.4 is 21.3 Å². The van der Waals surface area contributed by atoms with Gasteiger partial charge in [-0.1, -0.05) is 26.0 Å². The Balaban J connectivity index is 1.73. The van der Waals surface area contributed by atoms with Crippen LogP contribution in [0.25, 0.3) is 11.0 Å². The van der Waals surface area contributed by atoms with Gasteiger partial charge in [-0.05, 0) is 56.6 Å². The second kappa shape index (κ2) is 10.0. The third-order valence-corrected chi connectivity index (χ3v) is 6.31. The number of carbonyl (C=O) groups excluding carboxylic acids is 1. The summed E-state index contributed by atoms with van der Waals surface area (Å²) in [6.07, 6.45) is 1.96. The molecule has 1 unspecified atom stereocenters. The number of aromatic amines is 1. The van der Waals surface area contributed by atoms with Crippen LogP contribution in [-0.4, -0.2) is 53.1 Å². The highest BCUT2D eigenvalue weighted by atomic mass is 16.5. The largest absolute Gasteiger partial charge is 0.497 e. The third kappa shape index (κ3) is 5.30. The average Bonchev–Trinajstić information content (AvgIpc) is 3.66. The first-order chi connectivity index (χ1) is 16.7. The van der Waals surface area contributed by atoms with Gasteiger partial charge < -0.3 is 15.0 Å². The zero-order valence-corrected chi connectivity index (χ0v) is 20.9. The van der Waals surface area contributed by atoms with E-state index in [0.29, 0.717) is 13.1 Å². The monoisotopic (exact) mass is 479 g/mol. The quantitative estimate of drug-likeness (QED) is 0.488. The molecule has 1 aliphatic rings. The summed E-state index contributed by atoms with van der Waals surface area (Å²) in [5.74, 6) is 0.784. The van der Waals surface area contributed by atoms with Crippen molar-refractivity contribution in [3.8, 4) is 5.75 Å². The lowest BCUT2D eigenvalue weighted by Crippen LogP contribution is -2.37. The van der Waals surface area contributed by atoms with Crippen molar-refractivity contribution in [1.29, 1.82) is 0 Å². The number of nitrogens with zero attached hydrogens (tertiary/aromatic N) is 3. The number of rotatable bonds is 9. The van der Waals surface area contributed by atoms with E-state index in [4.69, 9.17) is 4.74 Å². The summed E-state index contributed by atoms with van der Waals surface area (Å²) < 4.78 is 6.83. The molecule has 186 valence electrons. The number of fused-ring (bicyclic) bond motifs is 1. The first kappa shape index (κ1) is 24.7. The number of hydrogen-bond donors (Lipinski definition) is 2. The Labute approximate surface area is 204 Å². The molecule has 3 aromatic rings. The number of methoxy groups -OCH3 is 1. The zero-order chi connectivity index (χ0) is 25.3. The highest BCUT2D eigenvalue weighted by Crippen LogP contribution is 2.40. The van der Waals surface area contributed by atoms with Gasteiger partial charge in [0.2, 0.25) is 0 Å². The fraction of sp³-hybridized carbons (Fsp3) is 0.462.